The third-order valence-corrected chi connectivity index (χ3v) is 13.6. The molecule has 65 heavy (non-hydrogen) atoms. The van der Waals surface area contributed by atoms with E-state index in [4.69, 9.17) is 0 Å². The quantitative estimate of drug-likeness (QED) is 0.187. The first-order chi connectivity index (χ1) is 30.3. The van der Waals surface area contributed by atoms with E-state index in [9.17, 15) is 18.3 Å². The van der Waals surface area contributed by atoms with Crippen LogP contribution in [-0.4, -0.2) is 5.11 Å². The molecule has 0 aromatic heterocycles. The van der Waals surface area contributed by atoms with Crippen LogP contribution in [0.1, 0.15) is 113 Å². The molecular weight excluding hydrogens is 806 g/mol. The Labute approximate surface area is 389 Å². The number of alkyl halides is 3. The summed E-state index contributed by atoms with van der Waals surface area (Å²) in [5.41, 5.74) is 23.7. The van der Waals surface area contributed by atoms with Gasteiger partial charge in [-0.2, -0.15) is 13.2 Å². The van der Waals surface area contributed by atoms with Gasteiger partial charge >= 0.3 is 6.18 Å². The number of hydrogen-bond donors (Lipinski definition) is 1. The van der Waals surface area contributed by atoms with Crippen LogP contribution in [0.4, 0.5) is 13.2 Å². The lowest BCUT2D eigenvalue weighted by molar-refractivity contribution is -0.138. The van der Waals surface area contributed by atoms with Crippen molar-refractivity contribution >= 4 is 0 Å². The van der Waals surface area contributed by atoms with Gasteiger partial charge in [0, 0.05) is 0 Å². The molecule has 7 aromatic rings. The third-order valence-electron chi connectivity index (χ3n) is 13.6. The van der Waals surface area contributed by atoms with Crippen molar-refractivity contribution in [3.63, 3.8) is 0 Å². The Balaban J connectivity index is 0.000000191. The summed E-state index contributed by atoms with van der Waals surface area (Å²) in [5.74, 6) is 0. The molecule has 0 spiro atoms. The van der Waals surface area contributed by atoms with Crippen molar-refractivity contribution in [1.29, 1.82) is 0 Å². The maximum absolute atomic E-state index is 12.7. The van der Waals surface area contributed by atoms with Gasteiger partial charge in [-0.3, -0.25) is 0 Å². The lowest BCUT2D eigenvalue weighted by Gasteiger charge is -2.26. The Hall–Kier alpha value is -5.71. The van der Waals surface area contributed by atoms with Crippen LogP contribution in [0.2, 0.25) is 0 Å². The van der Waals surface area contributed by atoms with E-state index in [1.807, 2.05) is 19.1 Å². The Bertz CT molecular complexity index is 2600. The Morgan fingerprint density at radius 2 is 0.646 bits per heavy atom. The summed E-state index contributed by atoms with van der Waals surface area (Å²) in [6.45, 7) is 34.0. The van der Waals surface area contributed by atoms with E-state index in [0.717, 1.165) is 11.1 Å². The highest BCUT2D eigenvalue weighted by Gasteiger charge is 2.35. The van der Waals surface area contributed by atoms with Crippen molar-refractivity contribution in [1.82, 2.24) is 0 Å². The first-order valence-electron chi connectivity index (χ1n) is 22.6. The maximum Gasteiger partial charge on any atom is 0.416 e. The molecule has 0 aliphatic heterocycles. The van der Waals surface area contributed by atoms with Crippen LogP contribution in [0.15, 0.2) is 115 Å². The number of halogens is 3. The zero-order chi connectivity index (χ0) is 48.7. The molecule has 0 bridgehead atoms. The standard InChI is InChI=1S/C18H22O.2C16H18.C11H13F3/c1-12-6-8-16(10-14(12)3)18(5,19)17-9-7-13(2)15(4)11-17;1-11-5-7-15(9-13(11)3)16-8-6-12(2)14(4)10-16;1-11-7-5-9-15(13(11)3)16-10-6-8-12(2)14(16)4;1-6-5-7(2)9(4)10(8(6)3)11(12,13)14/h6-11,19H,1-5H3;2*5-10H,1-4H3;5H,1-4H3. The summed E-state index contributed by atoms with van der Waals surface area (Å²) in [4.78, 5) is 0. The Morgan fingerprint density at radius 3 is 0.954 bits per heavy atom. The van der Waals surface area contributed by atoms with E-state index in [1.54, 1.807) is 19.9 Å². The van der Waals surface area contributed by atoms with Gasteiger partial charge in [-0.25, -0.2) is 0 Å². The molecule has 0 unspecified atom stereocenters. The van der Waals surface area contributed by atoms with Crippen molar-refractivity contribution in [2.75, 3.05) is 0 Å². The van der Waals surface area contributed by atoms with E-state index < -0.39 is 17.3 Å². The van der Waals surface area contributed by atoms with Gasteiger partial charge < -0.3 is 5.11 Å². The van der Waals surface area contributed by atoms with Gasteiger partial charge in [-0.15, -0.1) is 0 Å². The summed E-state index contributed by atoms with van der Waals surface area (Å²) in [5, 5.41) is 10.9. The molecule has 0 atom stereocenters. The number of rotatable bonds is 4. The third kappa shape index (κ3) is 12.8. The summed E-state index contributed by atoms with van der Waals surface area (Å²) in [6.07, 6.45) is -4.25. The minimum Gasteiger partial charge on any atom is -0.381 e. The number of benzene rings is 7. The molecule has 0 heterocycles. The molecule has 342 valence electrons. The van der Waals surface area contributed by atoms with Crippen LogP contribution < -0.4 is 0 Å². The minimum atomic E-state index is -4.25. The second kappa shape index (κ2) is 21.5. The van der Waals surface area contributed by atoms with E-state index in [1.165, 1.54) is 103 Å². The predicted molar refractivity (Wildman–Crippen MR) is 273 cm³/mol. The van der Waals surface area contributed by atoms with Crippen LogP contribution in [0, 0.1) is 111 Å². The van der Waals surface area contributed by atoms with Crippen LogP contribution in [0.3, 0.4) is 0 Å². The molecule has 0 fully saturated rings. The SMILES string of the molecule is Cc1cc(C)c(C)c(C(F)(F)F)c1C.Cc1ccc(-c2ccc(C)c(C)c2)cc1C.Cc1ccc(C(C)(O)c2ccc(C)c(C)c2)cc1C.Cc1cccc(-c2cccc(C)c2C)c1C. The first kappa shape index (κ1) is 51.9. The molecule has 0 saturated heterocycles. The molecule has 7 rings (SSSR count). The fraction of sp³-hybridized carbons (Fsp3) is 0.311. The van der Waals surface area contributed by atoms with Crippen molar-refractivity contribution in [3.8, 4) is 22.3 Å². The summed E-state index contributed by atoms with van der Waals surface area (Å²) >= 11 is 0. The van der Waals surface area contributed by atoms with Gasteiger partial charge in [-0.1, -0.05) is 115 Å². The zero-order valence-electron chi connectivity index (χ0n) is 42.1. The fourth-order valence-electron chi connectivity index (χ4n) is 7.82. The van der Waals surface area contributed by atoms with Gasteiger partial charge in [0.2, 0.25) is 0 Å². The molecule has 7 aromatic carbocycles. The predicted octanol–water partition coefficient (Wildman–Crippen LogP) is 17.3. The maximum atomic E-state index is 12.7. The van der Waals surface area contributed by atoms with E-state index in [2.05, 4.69) is 180 Å². The topological polar surface area (TPSA) is 20.2 Å². The molecule has 4 heteroatoms. The van der Waals surface area contributed by atoms with Gasteiger partial charge in [0.15, 0.2) is 0 Å². The van der Waals surface area contributed by atoms with Crippen molar-refractivity contribution in [2.24, 2.45) is 0 Å². The second-order valence-corrected chi connectivity index (χ2v) is 18.4. The molecule has 0 saturated carbocycles. The van der Waals surface area contributed by atoms with E-state index in [-0.39, 0.29) is 0 Å². The van der Waals surface area contributed by atoms with Gasteiger partial charge in [-0.05, 0) is 240 Å². The average Bonchev–Trinajstić information content (AvgIpc) is 3.23. The first-order valence-corrected chi connectivity index (χ1v) is 22.6. The highest BCUT2D eigenvalue weighted by Crippen LogP contribution is 2.37. The van der Waals surface area contributed by atoms with Crippen molar-refractivity contribution in [3.05, 3.63) is 221 Å². The van der Waals surface area contributed by atoms with Gasteiger partial charge in [0.05, 0.1) is 5.56 Å². The van der Waals surface area contributed by atoms with E-state index >= 15 is 0 Å². The highest BCUT2D eigenvalue weighted by atomic mass is 19.4. The van der Waals surface area contributed by atoms with Gasteiger partial charge in [0.1, 0.15) is 5.60 Å². The average molecular weight is 877 g/mol. The lowest BCUT2D eigenvalue weighted by Crippen LogP contribution is -2.23. The van der Waals surface area contributed by atoms with Crippen LogP contribution in [-0.2, 0) is 11.8 Å². The highest BCUT2D eigenvalue weighted by molar-refractivity contribution is 5.72. The smallest absolute Gasteiger partial charge is 0.381 e. The monoisotopic (exact) mass is 877 g/mol. The molecule has 1 nitrogen and oxygen atoms in total. The number of aryl methyl sites for hydroxylation is 12. The van der Waals surface area contributed by atoms with Gasteiger partial charge in [0.25, 0.3) is 0 Å². The van der Waals surface area contributed by atoms with Crippen molar-refractivity contribution < 1.29 is 18.3 Å². The lowest BCUT2D eigenvalue weighted by atomic mass is 9.85. The Kier molecular flexibility index (Phi) is 17.2. The van der Waals surface area contributed by atoms with Crippen molar-refractivity contribution in [2.45, 2.75) is 129 Å². The summed E-state index contributed by atoms with van der Waals surface area (Å²) in [6, 6.07) is 40.5. The van der Waals surface area contributed by atoms with Crippen LogP contribution >= 0.6 is 0 Å². The Morgan fingerprint density at radius 1 is 0.323 bits per heavy atom. The normalized spacial score (nSPS) is 11.2. The van der Waals surface area contributed by atoms with E-state index in [0.29, 0.717) is 22.3 Å². The van der Waals surface area contributed by atoms with Crippen LogP contribution in [0.25, 0.3) is 22.3 Å². The largest absolute Gasteiger partial charge is 0.416 e. The number of hydrogen-bond acceptors (Lipinski definition) is 1. The fourth-order valence-corrected chi connectivity index (χ4v) is 7.82. The molecule has 0 amide bonds. The molecule has 1 N–H and O–H groups in total. The molecule has 0 aliphatic rings. The summed E-state index contributed by atoms with van der Waals surface area (Å²) in [7, 11) is 0. The van der Waals surface area contributed by atoms with Crippen LogP contribution in [0.5, 0.6) is 0 Å². The molecule has 0 radical (unpaired) electrons. The minimum absolute atomic E-state index is 0.334. The number of aliphatic hydroxyl groups is 1. The molecule has 0 aliphatic carbocycles. The summed E-state index contributed by atoms with van der Waals surface area (Å²) < 4.78 is 38.0. The molecular formula is C61H71F3O. The second-order valence-electron chi connectivity index (χ2n) is 18.4. The zero-order valence-corrected chi connectivity index (χ0v) is 42.1.